The fourth-order valence-electron chi connectivity index (χ4n) is 3.95. The molecule has 29 heavy (non-hydrogen) atoms. The van der Waals surface area contributed by atoms with Crippen LogP contribution in [0.1, 0.15) is 110 Å². The van der Waals surface area contributed by atoms with Gasteiger partial charge in [-0.2, -0.15) is 0 Å². The first kappa shape index (κ1) is 26.1. The van der Waals surface area contributed by atoms with E-state index in [1.54, 1.807) is 0 Å². The molecule has 2 N–H and O–H groups in total. The van der Waals surface area contributed by atoms with Crippen LogP contribution in [0.5, 0.6) is 0 Å². The Bertz CT molecular complexity index is 428. The summed E-state index contributed by atoms with van der Waals surface area (Å²) in [6.07, 6.45) is 19.6. The molecular weight excluding hydrogens is 362 g/mol. The van der Waals surface area contributed by atoms with Gasteiger partial charge in [0.1, 0.15) is 0 Å². The second kappa shape index (κ2) is 17.9. The second-order valence-electron chi connectivity index (χ2n) is 8.63. The van der Waals surface area contributed by atoms with Crippen molar-refractivity contribution in [1.82, 2.24) is 10.2 Å². The number of aliphatic hydroxyl groups is 1. The quantitative estimate of drug-likeness (QED) is 0.330. The van der Waals surface area contributed by atoms with Gasteiger partial charge in [-0.1, -0.05) is 84.0 Å². The number of carbonyl (C=O) groups is 1. The molecule has 1 heterocycles. The number of aliphatic hydroxyl groups excluding tert-OH is 1. The van der Waals surface area contributed by atoms with Crippen LogP contribution in [0.25, 0.3) is 0 Å². The molecule has 2 unspecified atom stereocenters. The topological polar surface area (TPSA) is 64.9 Å². The molecule has 1 amide bonds. The predicted octanol–water partition coefficient (Wildman–Crippen LogP) is 5.07. The first-order valence-corrected chi connectivity index (χ1v) is 12.3. The van der Waals surface area contributed by atoms with E-state index in [9.17, 15) is 9.90 Å². The summed E-state index contributed by atoms with van der Waals surface area (Å²) >= 11 is 0. The molecule has 0 fully saturated rings. The summed E-state index contributed by atoms with van der Waals surface area (Å²) in [6, 6.07) is 0. The zero-order valence-electron chi connectivity index (χ0n) is 19.2. The lowest BCUT2D eigenvalue weighted by atomic mass is 10.0. The molecule has 0 saturated carbocycles. The highest BCUT2D eigenvalue weighted by Gasteiger charge is 2.20. The van der Waals surface area contributed by atoms with Crippen molar-refractivity contribution in [3.05, 3.63) is 0 Å². The molecule has 0 aliphatic carbocycles. The Morgan fingerprint density at radius 2 is 1.62 bits per heavy atom. The van der Waals surface area contributed by atoms with E-state index in [-0.39, 0.29) is 18.2 Å². The zero-order chi connectivity index (χ0) is 21.2. The van der Waals surface area contributed by atoms with Gasteiger partial charge in [0.25, 0.3) is 0 Å². The summed E-state index contributed by atoms with van der Waals surface area (Å²) in [4.78, 5) is 18.4. The van der Waals surface area contributed by atoms with Gasteiger partial charge in [-0.25, -0.2) is 0 Å². The second-order valence-corrected chi connectivity index (χ2v) is 8.63. The maximum Gasteiger partial charge on any atom is 0.224 e. The minimum Gasteiger partial charge on any atom is -0.392 e. The zero-order valence-corrected chi connectivity index (χ0v) is 19.2. The van der Waals surface area contributed by atoms with Crippen LogP contribution in [0.15, 0.2) is 4.99 Å². The summed E-state index contributed by atoms with van der Waals surface area (Å²) < 4.78 is 0. The molecule has 1 rings (SSSR count). The number of carbonyl (C=O) groups excluding carboxylic acids is 1. The molecular formula is C24H47N3O2. The van der Waals surface area contributed by atoms with Gasteiger partial charge in [-0.15, -0.1) is 0 Å². The van der Waals surface area contributed by atoms with Gasteiger partial charge in [0, 0.05) is 19.5 Å². The Kier molecular flexibility index (Phi) is 16.1. The summed E-state index contributed by atoms with van der Waals surface area (Å²) in [5, 5.41) is 13.6. The van der Waals surface area contributed by atoms with E-state index in [1.807, 2.05) is 18.0 Å². The summed E-state index contributed by atoms with van der Waals surface area (Å²) in [7, 11) is 0. The van der Waals surface area contributed by atoms with Crippen molar-refractivity contribution in [3.8, 4) is 0 Å². The molecule has 1 aliphatic heterocycles. The van der Waals surface area contributed by atoms with Crippen LogP contribution in [-0.4, -0.2) is 54.0 Å². The van der Waals surface area contributed by atoms with Gasteiger partial charge in [0.2, 0.25) is 5.91 Å². The molecule has 5 heteroatoms. The molecule has 0 aromatic carbocycles. The molecule has 0 aromatic heterocycles. The minimum atomic E-state index is -0.330. The van der Waals surface area contributed by atoms with Crippen molar-refractivity contribution in [2.45, 2.75) is 122 Å². The maximum absolute atomic E-state index is 12.2. The molecule has 1 aliphatic rings. The van der Waals surface area contributed by atoms with E-state index in [2.05, 4.69) is 17.2 Å². The molecule has 0 radical (unpaired) electrons. The van der Waals surface area contributed by atoms with Gasteiger partial charge in [-0.3, -0.25) is 15.1 Å². The monoisotopic (exact) mass is 409 g/mol. The standard InChI is InChI=1S/C24H47N3O2/c1-3-4-5-6-7-8-9-10-11-12-13-14-16-23(28)21-26-22(2)27-20-19-25-18-15-17-24(27)29/h18,22-23,26,28H,3-17,19-21H2,1-2H3/b25-18-. The Labute approximate surface area is 179 Å². The lowest BCUT2D eigenvalue weighted by molar-refractivity contribution is -0.133. The van der Waals surface area contributed by atoms with E-state index >= 15 is 0 Å². The normalized spacial score (nSPS) is 18.3. The number of amides is 1. The Morgan fingerprint density at radius 1 is 1.03 bits per heavy atom. The van der Waals surface area contributed by atoms with Gasteiger partial charge >= 0.3 is 0 Å². The first-order chi connectivity index (χ1) is 14.1. The van der Waals surface area contributed by atoms with Gasteiger partial charge in [0.15, 0.2) is 0 Å². The van der Waals surface area contributed by atoms with Crippen molar-refractivity contribution >= 4 is 12.1 Å². The van der Waals surface area contributed by atoms with Crippen molar-refractivity contribution in [3.63, 3.8) is 0 Å². The van der Waals surface area contributed by atoms with Crippen LogP contribution in [0.4, 0.5) is 0 Å². The number of rotatable bonds is 17. The Balaban J connectivity index is 1.96. The van der Waals surface area contributed by atoms with E-state index < -0.39 is 0 Å². The molecule has 0 aromatic rings. The van der Waals surface area contributed by atoms with E-state index in [0.29, 0.717) is 26.1 Å². The lowest BCUT2D eigenvalue weighted by Gasteiger charge is -2.31. The molecule has 0 saturated heterocycles. The predicted molar refractivity (Wildman–Crippen MR) is 123 cm³/mol. The Hall–Kier alpha value is -0.940. The number of aliphatic imine (C=N–C) groups is 1. The van der Waals surface area contributed by atoms with Crippen LogP contribution in [0, 0.1) is 0 Å². The van der Waals surface area contributed by atoms with Gasteiger partial charge < -0.3 is 10.0 Å². The molecule has 0 bridgehead atoms. The third-order valence-corrected chi connectivity index (χ3v) is 5.91. The largest absolute Gasteiger partial charge is 0.392 e. The summed E-state index contributed by atoms with van der Waals surface area (Å²) in [5.74, 6) is 0.173. The number of hydrogen-bond acceptors (Lipinski definition) is 4. The molecule has 5 nitrogen and oxygen atoms in total. The minimum absolute atomic E-state index is 0.0487. The third-order valence-electron chi connectivity index (χ3n) is 5.91. The molecule has 170 valence electrons. The van der Waals surface area contributed by atoms with Crippen molar-refractivity contribution in [2.75, 3.05) is 19.6 Å². The fraction of sp³-hybridized carbons (Fsp3) is 0.917. The van der Waals surface area contributed by atoms with Crippen LogP contribution >= 0.6 is 0 Å². The highest BCUT2D eigenvalue weighted by Crippen LogP contribution is 2.13. The molecule has 0 spiro atoms. The number of nitrogens with one attached hydrogen (secondary N) is 1. The maximum atomic E-state index is 12.2. The van der Waals surface area contributed by atoms with E-state index in [0.717, 1.165) is 19.3 Å². The number of nitrogens with zero attached hydrogens (tertiary/aromatic N) is 2. The first-order valence-electron chi connectivity index (χ1n) is 12.3. The lowest BCUT2D eigenvalue weighted by Crippen LogP contribution is -2.50. The number of unbranched alkanes of at least 4 members (excludes halogenated alkanes) is 11. The van der Waals surface area contributed by atoms with Crippen LogP contribution < -0.4 is 5.32 Å². The SMILES string of the molecule is CCCCCCCCCCCCCCC(O)CNC(C)N1CC/N=C\CCC1=O. The average Bonchev–Trinajstić information content (AvgIpc) is 2.70. The number of hydrogen-bond donors (Lipinski definition) is 2. The summed E-state index contributed by atoms with van der Waals surface area (Å²) in [5.41, 5.74) is 0. The van der Waals surface area contributed by atoms with Crippen LogP contribution in [0.3, 0.4) is 0 Å². The fourth-order valence-corrected chi connectivity index (χ4v) is 3.95. The van der Waals surface area contributed by atoms with Gasteiger partial charge in [-0.05, 0) is 26.0 Å². The highest BCUT2D eigenvalue weighted by molar-refractivity contribution is 5.79. The summed E-state index contributed by atoms with van der Waals surface area (Å²) in [6.45, 7) is 6.13. The van der Waals surface area contributed by atoms with Crippen molar-refractivity contribution in [2.24, 2.45) is 4.99 Å². The van der Waals surface area contributed by atoms with Crippen molar-refractivity contribution in [1.29, 1.82) is 0 Å². The van der Waals surface area contributed by atoms with Crippen molar-refractivity contribution < 1.29 is 9.90 Å². The smallest absolute Gasteiger partial charge is 0.224 e. The average molecular weight is 410 g/mol. The van der Waals surface area contributed by atoms with Crippen LogP contribution in [0.2, 0.25) is 0 Å². The Morgan fingerprint density at radius 3 is 2.24 bits per heavy atom. The van der Waals surface area contributed by atoms with Crippen LogP contribution in [-0.2, 0) is 4.79 Å². The van der Waals surface area contributed by atoms with E-state index in [4.69, 9.17) is 0 Å². The third kappa shape index (κ3) is 13.8. The van der Waals surface area contributed by atoms with E-state index in [1.165, 1.54) is 70.6 Å². The van der Waals surface area contributed by atoms with Gasteiger partial charge in [0.05, 0.1) is 18.8 Å². The molecule has 2 atom stereocenters. The highest BCUT2D eigenvalue weighted by atomic mass is 16.3.